The largest absolute Gasteiger partial charge is 0.299 e. The molecule has 1 aliphatic carbocycles. The molecule has 76 valence electrons. The Balaban J connectivity index is 2.79. The first-order valence-corrected chi connectivity index (χ1v) is 5.29. The standard InChI is InChI=1S/C12H22O/c1-9-6-7-12(5,8-10(9)13)11(2,3)4/h9H,6-8H2,1-5H3. The summed E-state index contributed by atoms with van der Waals surface area (Å²) in [5, 5.41) is 0. The molecule has 0 aromatic carbocycles. The fourth-order valence-electron chi connectivity index (χ4n) is 1.98. The van der Waals surface area contributed by atoms with Gasteiger partial charge in [0, 0.05) is 12.3 Å². The number of hydrogen-bond donors (Lipinski definition) is 0. The summed E-state index contributed by atoms with van der Waals surface area (Å²) < 4.78 is 0. The Morgan fingerprint density at radius 3 is 2.31 bits per heavy atom. The van der Waals surface area contributed by atoms with E-state index < -0.39 is 0 Å². The molecule has 1 fully saturated rings. The summed E-state index contributed by atoms with van der Waals surface area (Å²) in [5.74, 6) is 0.763. The lowest BCUT2D eigenvalue weighted by Gasteiger charge is -2.45. The minimum atomic E-state index is 0.219. The third-order valence-corrected chi connectivity index (χ3v) is 4.05. The highest BCUT2D eigenvalue weighted by molar-refractivity contribution is 5.82. The van der Waals surface area contributed by atoms with E-state index in [0.717, 1.165) is 12.8 Å². The third kappa shape index (κ3) is 1.95. The number of ketones is 1. The van der Waals surface area contributed by atoms with Crippen molar-refractivity contribution in [1.82, 2.24) is 0 Å². The quantitative estimate of drug-likeness (QED) is 0.561. The summed E-state index contributed by atoms with van der Waals surface area (Å²) in [4.78, 5) is 11.7. The zero-order chi connectivity index (χ0) is 10.3. The van der Waals surface area contributed by atoms with Gasteiger partial charge < -0.3 is 0 Å². The summed E-state index contributed by atoms with van der Waals surface area (Å²) in [6, 6.07) is 0. The Bertz CT molecular complexity index is 212. The first-order valence-electron chi connectivity index (χ1n) is 5.29. The van der Waals surface area contributed by atoms with Crippen molar-refractivity contribution in [1.29, 1.82) is 0 Å². The van der Waals surface area contributed by atoms with Gasteiger partial charge in [-0.15, -0.1) is 0 Å². The summed E-state index contributed by atoms with van der Waals surface area (Å²) >= 11 is 0. The molecular formula is C12H22O. The van der Waals surface area contributed by atoms with Gasteiger partial charge in [-0.2, -0.15) is 0 Å². The third-order valence-electron chi connectivity index (χ3n) is 4.05. The van der Waals surface area contributed by atoms with E-state index in [-0.39, 0.29) is 10.8 Å². The average molecular weight is 182 g/mol. The van der Waals surface area contributed by atoms with Crippen molar-refractivity contribution in [2.75, 3.05) is 0 Å². The van der Waals surface area contributed by atoms with Crippen molar-refractivity contribution in [2.45, 2.75) is 53.9 Å². The molecule has 1 heteroatoms. The molecule has 1 saturated carbocycles. The molecule has 13 heavy (non-hydrogen) atoms. The van der Waals surface area contributed by atoms with Gasteiger partial charge in [-0.1, -0.05) is 34.6 Å². The van der Waals surface area contributed by atoms with Crippen molar-refractivity contribution >= 4 is 5.78 Å². The Kier molecular flexibility index (Phi) is 2.57. The van der Waals surface area contributed by atoms with Crippen LogP contribution in [0.3, 0.4) is 0 Å². The molecule has 0 amide bonds. The minimum Gasteiger partial charge on any atom is -0.299 e. The van der Waals surface area contributed by atoms with Gasteiger partial charge in [0.05, 0.1) is 0 Å². The molecule has 0 spiro atoms. The average Bonchev–Trinajstić information content (AvgIpc) is 1.95. The molecule has 0 bridgehead atoms. The smallest absolute Gasteiger partial charge is 0.136 e. The summed E-state index contributed by atoms with van der Waals surface area (Å²) in [5.41, 5.74) is 0.472. The summed E-state index contributed by atoms with van der Waals surface area (Å²) in [6.45, 7) is 11.1. The molecular weight excluding hydrogens is 160 g/mol. The van der Waals surface area contributed by atoms with Crippen molar-refractivity contribution in [3.63, 3.8) is 0 Å². The minimum absolute atomic E-state index is 0.219. The summed E-state index contributed by atoms with van der Waals surface area (Å²) in [6.07, 6.45) is 3.05. The number of rotatable bonds is 0. The zero-order valence-electron chi connectivity index (χ0n) is 9.61. The van der Waals surface area contributed by atoms with Crippen LogP contribution in [0.4, 0.5) is 0 Å². The van der Waals surface area contributed by atoms with E-state index in [1.807, 2.05) is 0 Å². The van der Waals surface area contributed by atoms with Crippen LogP contribution >= 0.6 is 0 Å². The highest BCUT2D eigenvalue weighted by atomic mass is 16.1. The lowest BCUT2D eigenvalue weighted by Crippen LogP contribution is -2.40. The number of hydrogen-bond acceptors (Lipinski definition) is 1. The number of carbonyl (C=O) groups is 1. The van der Waals surface area contributed by atoms with Crippen molar-refractivity contribution < 1.29 is 4.79 Å². The Hall–Kier alpha value is -0.330. The van der Waals surface area contributed by atoms with Crippen molar-refractivity contribution in [3.8, 4) is 0 Å². The number of carbonyl (C=O) groups excluding carboxylic acids is 1. The Morgan fingerprint density at radius 1 is 1.38 bits per heavy atom. The van der Waals surface area contributed by atoms with Gasteiger partial charge in [-0.3, -0.25) is 4.79 Å². The highest BCUT2D eigenvalue weighted by Gasteiger charge is 2.42. The van der Waals surface area contributed by atoms with Gasteiger partial charge in [0.25, 0.3) is 0 Å². The van der Waals surface area contributed by atoms with Crippen LogP contribution < -0.4 is 0 Å². The molecule has 0 aliphatic heterocycles. The van der Waals surface area contributed by atoms with E-state index in [9.17, 15) is 4.79 Å². The Labute approximate surface area is 81.9 Å². The van der Waals surface area contributed by atoms with Crippen LogP contribution in [0.5, 0.6) is 0 Å². The van der Waals surface area contributed by atoms with E-state index in [1.54, 1.807) is 0 Å². The van der Waals surface area contributed by atoms with Gasteiger partial charge in [-0.25, -0.2) is 0 Å². The highest BCUT2D eigenvalue weighted by Crippen LogP contribution is 2.48. The molecule has 0 aromatic heterocycles. The van der Waals surface area contributed by atoms with Crippen molar-refractivity contribution in [3.05, 3.63) is 0 Å². The predicted molar refractivity (Wildman–Crippen MR) is 55.6 cm³/mol. The van der Waals surface area contributed by atoms with Gasteiger partial charge in [0.1, 0.15) is 5.78 Å². The first kappa shape index (κ1) is 10.7. The fraction of sp³-hybridized carbons (Fsp3) is 0.917. The Morgan fingerprint density at radius 2 is 1.92 bits per heavy atom. The molecule has 0 N–H and O–H groups in total. The summed E-state index contributed by atoms with van der Waals surface area (Å²) in [7, 11) is 0. The monoisotopic (exact) mass is 182 g/mol. The molecule has 2 atom stereocenters. The second kappa shape index (κ2) is 3.11. The second-order valence-corrected chi connectivity index (χ2v) is 5.89. The van der Waals surface area contributed by atoms with Gasteiger partial charge >= 0.3 is 0 Å². The lowest BCUT2D eigenvalue weighted by molar-refractivity contribution is -0.130. The van der Waals surface area contributed by atoms with Crippen LogP contribution in [0.1, 0.15) is 53.9 Å². The fourth-order valence-corrected chi connectivity index (χ4v) is 1.98. The molecule has 2 unspecified atom stereocenters. The van der Waals surface area contributed by atoms with Crippen LogP contribution in [0.15, 0.2) is 0 Å². The molecule has 1 nitrogen and oxygen atoms in total. The van der Waals surface area contributed by atoms with Crippen LogP contribution in [0, 0.1) is 16.7 Å². The van der Waals surface area contributed by atoms with Gasteiger partial charge in [-0.05, 0) is 23.7 Å². The van der Waals surface area contributed by atoms with E-state index in [4.69, 9.17) is 0 Å². The van der Waals surface area contributed by atoms with Crippen LogP contribution in [-0.2, 0) is 4.79 Å². The van der Waals surface area contributed by atoms with Crippen molar-refractivity contribution in [2.24, 2.45) is 16.7 Å². The van der Waals surface area contributed by atoms with E-state index in [2.05, 4.69) is 34.6 Å². The second-order valence-electron chi connectivity index (χ2n) is 5.89. The SMILES string of the molecule is CC1CCC(C)(C(C)(C)C)CC1=O. The van der Waals surface area contributed by atoms with Crippen LogP contribution in [-0.4, -0.2) is 5.78 Å². The molecule has 0 aromatic rings. The van der Waals surface area contributed by atoms with Crippen LogP contribution in [0.25, 0.3) is 0 Å². The molecule has 1 rings (SSSR count). The van der Waals surface area contributed by atoms with Crippen LogP contribution in [0.2, 0.25) is 0 Å². The first-order chi connectivity index (χ1) is 5.76. The molecule has 1 aliphatic rings. The maximum atomic E-state index is 11.7. The van der Waals surface area contributed by atoms with Gasteiger partial charge in [0.2, 0.25) is 0 Å². The maximum Gasteiger partial charge on any atom is 0.136 e. The van der Waals surface area contributed by atoms with E-state index in [1.165, 1.54) is 6.42 Å². The molecule has 0 heterocycles. The van der Waals surface area contributed by atoms with Gasteiger partial charge in [0.15, 0.2) is 0 Å². The molecule has 0 radical (unpaired) electrons. The molecule has 0 saturated heterocycles. The maximum absolute atomic E-state index is 11.7. The predicted octanol–water partition coefficient (Wildman–Crippen LogP) is 3.43. The normalized spacial score (nSPS) is 36.4. The van der Waals surface area contributed by atoms with E-state index >= 15 is 0 Å². The lowest BCUT2D eigenvalue weighted by atomic mass is 9.59. The number of Topliss-reactive ketones (excluding diaryl/α,β-unsaturated/α-hetero) is 1. The topological polar surface area (TPSA) is 17.1 Å². The zero-order valence-corrected chi connectivity index (χ0v) is 9.61. The van der Waals surface area contributed by atoms with E-state index in [0.29, 0.717) is 11.7 Å².